The van der Waals surface area contributed by atoms with Crippen molar-refractivity contribution in [2.24, 2.45) is 0 Å². The third-order valence-electron chi connectivity index (χ3n) is 3.76. The summed E-state index contributed by atoms with van der Waals surface area (Å²) < 4.78 is 0. The van der Waals surface area contributed by atoms with Crippen molar-refractivity contribution in [2.75, 3.05) is 31.1 Å². The molecular formula is C14H23N5O. The Morgan fingerprint density at radius 1 is 1.40 bits per heavy atom. The van der Waals surface area contributed by atoms with Crippen LogP contribution in [-0.2, 0) is 0 Å². The van der Waals surface area contributed by atoms with Crippen molar-refractivity contribution in [1.82, 2.24) is 20.4 Å². The molecule has 6 heteroatoms. The molecule has 1 aromatic rings. The summed E-state index contributed by atoms with van der Waals surface area (Å²) in [7, 11) is 0. The van der Waals surface area contributed by atoms with Gasteiger partial charge in [0.15, 0.2) is 5.82 Å². The van der Waals surface area contributed by atoms with Crippen molar-refractivity contribution < 1.29 is 4.79 Å². The van der Waals surface area contributed by atoms with E-state index in [1.807, 2.05) is 30.9 Å². The Labute approximate surface area is 120 Å². The number of nitrogens with one attached hydrogen (secondary N) is 1. The monoisotopic (exact) mass is 277 g/mol. The number of hydrogen-bond donors (Lipinski definition) is 1. The molecule has 20 heavy (non-hydrogen) atoms. The van der Waals surface area contributed by atoms with Crippen LogP contribution in [0.25, 0.3) is 0 Å². The molecule has 110 valence electrons. The molecule has 0 saturated carbocycles. The minimum absolute atomic E-state index is 0.0490. The summed E-state index contributed by atoms with van der Waals surface area (Å²) in [6, 6.07) is 4.18. The maximum Gasteiger partial charge on any atom is 0.317 e. The van der Waals surface area contributed by atoms with Gasteiger partial charge >= 0.3 is 6.03 Å². The van der Waals surface area contributed by atoms with E-state index in [-0.39, 0.29) is 12.1 Å². The van der Waals surface area contributed by atoms with E-state index in [1.165, 1.54) is 0 Å². The van der Waals surface area contributed by atoms with Crippen LogP contribution in [0.5, 0.6) is 0 Å². The first-order valence-corrected chi connectivity index (χ1v) is 7.32. The van der Waals surface area contributed by atoms with Crippen LogP contribution in [0.1, 0.15) is 26.7 Å². The number of anilines is 1. The molecule has 6 nitrogen and oxygen atoms in total. The number of carbonyl (C=O) groups excluding carboxylic acids is 1. The Hall–Kier alpha value is -1.85. The summed E-state index contributed by atoms with van der Waals surface area (Å²) in [5.41, 5.74) is 0. The zero-order valence-corrected chi connectivity index (χ0v) is 12.2. The summed E-state index contributed by atoms with van der Waals surface area (Å²) in [6.07, 6.45) is 3.58. The van der Waals surface area contributed by atoms with Gasteiger partial charge in [-0.2, -0.15) is 5.10 Å². The first-order valence-electron chi connectivity index (χ1n) is 7.32. The van der Waals surface area contributed by atoms with Crippen LogP contribution < -0.4 is 10.2 Å². The summed E-state index contributed by atoms with van der Waals surface area (Å²) in [5, 5.41) is 11.1. The molecule has 1 aliphatic heterocycles. The summed E-state index contributed by atoms with van der Waals surface area (Å²) in [4.78, 5) is 16.0. The van der Waals surface area contributed by atoms with Gasteiger partial charge in [-0.1, -0.05) is 0 Å². The van der Waals surface area contributed by atoms with E-state index in [1.54, 1.807) is 6.20 Å². The average molecular weight is 277 g/mol. The first kappa shape index (κ1) is 14.6. The first-order chi connectivity index (χ1) is 9.74. The van der Waals surface area contributed by atoms with Crippen molar-refractivity contribution >= 4 is 11.8 Å². The van der Waals surface area contributed by atoms with Gasteiger partial charge in [-0.3, -0.25) is 0 Å². The average Bonchev–Trinajstić information content (AvgIpc) is 2.50. The Balaban J connectivity index is 1.81. The molecule has 1 saturated heterocycles. The van der Waals surface area contributed by atoms with Crippen molar-refractivity contribution in [1.29, 1.82) is 0 Å². The highest BCUT2D eigenvalue weighted by Gasteiger charge is 2.22. The van der Waals surface area contributed by atoms with E-state index in [9.17, 15) is 4.79 Å². The Kier molecular flexibility index (Phi) is 5.15. The largest absolute Gasteiger partial charge is 0.355 e. The third kappa shape index (κ3) is 3.59. The Bertz CT molecular complexity index is 413. The van der Waals surface area contributed by atoms with E-state index in [2.05, 4.69) is 20.4 Å². The van der Waals surface area contributed by atoms with Crippen LogP contribution in [0, 0.1) is 0 Å². The molecule has 1 N–H and O–H groups in total. The van der Waals surface area contributed by atoms with Crippen LogP contribution in [0.4, 0.5) is 10.6 Å². The quantitative estimate of drug-likeness (QED) is 0.906. The summed E-state index contributed by atoms with van der Waals surface area (Å²) >= 11 is 0. The molecule has 1 aliphatic rings. The molecule has 1 fully saturated rings. The van der Waals surface area contributed by atoms with Crippen molar-refractivity contribution in [3.05, 3.63) is 18.3 Å². The maximum atomic E-state index is 12.0. The lowest BCUT2D eigenvalue weighted by molar-refractivity contribution is 0.196. The molecule has 0 aliphatic carbocycles. The van der Waals surface area contributed by atoms with Gasteiger partial charge in [0.05, 0.1) is 0 Å². The van der Waals surface area contributed by atoms with Crippen LogP contribution >= 0.6 is 0 Å². The van der Waals surface area contributed by atoms with Gasteiger partial charge in [-0.05, 0) is 38.8 Å². The van der Waals surface area contributed by atoms with Gasteiger partial charge in [0.2, 0.25) is 0 Å². The predicted molar refractivity (Wildman–Crippen MR) is 78.7 cm³/mol. The number of nitrogens with zero attached hydrogens (tertiary/aromatic N) is 4. The zero-order valence-electron chi connectivity index (χ0n) is 12.2. The minimum atomic E-state index is 0.0490. The fraction of sp³-hybridized carbons (Fsp3) is 0.643. The maximum absolute atomic E-state index is 12.0. The van der Waals surface area contributed by atoms with Crippen molar-refractivity contribution in [3.63, 3.8) is 0 Å². The minimum Gasteiger partial charge on any atom is -0.355 e. The van der Waals surface area contributed by atoms with Gasteiger partial charge < -0.3 is 15.1 Å². The molecule has 0 spiro atoms. The highest BCUT2D eigenvalue weighted by atomic mass is 16.2. The van der Waals surface area contributed by atoms with E-state index in [4.69, 9.17) is 0 Å². The second kappa shape index (κ2) is 7.07. The molecule has 1 aromatic heterocycles. The lowest BCUT2D eigenvalue weighted by Crippen LogP contribution is -2.49. The SMILES string of the molecule is CCN(CC)C(=O)NC1CCN(c2cccnn2)CC1. The zero-order chi connectivity index (χ0) is 14.4. The number of carbonyl (C=O) groups is 1. The van der Waals surface area contributed by atoms with Crippen LogP contribution in [0.3, 0.4) is 0 Å². The number of urea groups is 1. The molecule has 0 radical (unpaired) electrons. The van der Waals surface area contributed by atoms with E-state index in [0.29, 0.717) is 0 Å². The topological polar surface area (TPSA) is 61.4 Å². The molecule has 0 aromatic carbocycles. The molecule has 2 amide bonds. The lowest BCUT2D eigenvalue weighted by atomic mass is 10.1. The van der Waals surface area contributed by atoms with Crippen molar-refractivity contribution in [2.45, 2.75) is 32.7 Å². The second-order valence-corrected chi connectivity index (χ2v) is 4.96. The normalized spacial score (nSPS) is 16.0. The van der Waals surface area contributed by atoms with E-state index < -0.39 is 0 Å². The predicted octanol–water partition coefficient (Wildman–Crippen LogP) is 1.50. The summed E-state index contributed by atoms with van der Waals surface area (Å²) in [5.74, 6) is 0.918. The fourth-order valence-electron chi connectivity index (χ4n) is 2.49. The number of piperidine rings is 1. The second-order valence-electron chi connectivity index (χ2n) is 4.96. The molecule has 2 rings (SSSR count). The fourth-order valence-corrected chi connectivity index (χ4v) is 2.49. The van der Waals surface area contributed by atoms with Gasteiger partial charge in [0, 0.05) is 38.4 Å². The van der Waals surface area contributed by atoms with Gasteiger partial charge in [-0.15, -0.1) is 5.10 Å². The number of rotatable bonds is 4. The van der Waals surface area contributed by atoms with Gasteiger partial charge in [-0.25, -0.2) is 4.79 Å². The molecule has 0 atom stereocenters. The van der Waals surface area contributed by atoms with Crippen LogP contribution in [0.15, 0.2) is 18.3 Å². The van der Waals surface area contributed by atoms with Crippen LogP contribution in [0.2, 0.25) is 0 Å². The number of amides is 2. The lowest BCUT2D eigenvalue weighted by Gasteiger charge is -2.33. The van der Waals surface area contributed by atoms with Crippen LogP contribution in [-0.4, -0.2) is 53.3 Å². The number of hydrogen-bond acceptors (Lipinski definition) is 4. The Morgan fingerprint density at radius 2 is 2.10 bits per heavy atom. The standard InChI is InChI=1S/C14H23N5O/c1-3-18(4-2)14(20)16-12-7-10-19(11-8-12)13-6-5-9-15-17-13/h5-6,9,12H,3-4,7-8,10-11H2,1-2H3,(H,16,20). The van der Waals surface area contributed by atoms with Crippen molar-refractivity contribution in [3.8, 4) is 0 Å². The smallest absolute Gasteiger partial charge is 0.317 e. The highest BCUT2D eigenvalue weighted by molar-refractivity contribution is 5.74. The highest BCUT2D eigenvalue weighted by Crippen LogP contribution is 2.16. The molecular weight excluding hydrogens is 254 g/mol. The molecule has 0 unspecified atom stereocenters. The molecule has 0 bridgehead atoms. The summed E-state index contributed by atoms with van der Waals surface area (Å²) in [6.45, 7) is 7.31. The third-order valence-corrected chi connectivity index (χ3v) is 3.76. The van der Waals surface area contributed by atoms with Gasteiger partial charge in [0.25, 0.3) is 0 Å². The molecule has 2 heterocycles. The Morgan fingerprint density at radius 3 is 2.65 bits per heavy atom. The van der Waals surface area contributed by atoms with E-state index in [0.717, 1.165) is 44.8 Å². The van der Waals surface area contributed by atoms with E-state index >= 15 is 0 Å². The number of aromatic nitrogens is 2. The van der Waals surface area contributed by atoms with Gasteiger partial charge in [0.1, 0.15) is 0 Å².